The molecule has 0 radical (unpaired) electrons. The van der Waals surface area contributed by atoms with Gasteiger partial charge in [-0.2, -0.15) is 0 Å². The molecule has 1 unspecified atom stereocenters. The normalized spacial score (nSPS) is 16.6. The molecule has 2 rings (SSSR count). The lowest BCUT2D eigenvalue weighted by molar-refractivity contribution is -0.133. The second-order valence-corrected chi connectivity index (χ2v) is 5.83. The number of rotatable bonds is 5. The molecule has 7 heteroatoms. The van der Waals surface area contributed by atoms with Gasteiger partial charge in [-0.1, -0.05) is 6.07 Å². The Morgan fingerprint density at radius 2 is 1.96 bits per heavy atom. The second-order valence-electron chi connectivity index (χ2n) is 5.83. The van der Waals surface area contributed by atoms with Gasteiger partial charge in [0, 0.05) is 45.4 Å². The molecule has 2 N–H and O–H groups in total. The molecule has 0 aromatic heterocycles. The van der Waals surface area contributed by atoms with Gasteiger partial charge in [0.15, 0.2) is 0 Å². The van der Waals surface area contributed by atoms with Crippen LogP contribution in [0.25, 0.3) is 0 Å². The number of amides is 2. The second kappa shape index (κ2) is 8.75. The van der Waals surface area contributed by atoms with Crippen LogP contribution in [0, 0.1) is 5.82 Å². The van der Waals surface area contributed by atoms with Crippen LogP contribution in [0.5, 0.6) is 0 Å². The number of hydrogen-bond donors (Lipinski definition) is 1. The highest BCUT2D eigenvalue weighted by Crippen LogP contribution is 2.12. The fourth-order valence-corrected chi connectivity index (χ4v) is 2.76. The van der Waals surface area contributed by atoms with E-state index in [-0.39, 0.29) is 24.3 Å². The van der Waals surface area contributed by atoms with E-state index in [0.29, 0.717) is 44.7 Å². The summed E-state index contributed by atoms with van der Waals surface area (Å²) in [6.07, 6.45) is 0.642. The molecule has 0 aliphatic carbocycles. The number of hydrogen-bond acceptors (Lipinski definition) is 4. The highest BCUT2D eigenvalue weighted by Gasteiger charge is 2.24. The lowest BCUT2D eigenvalue weighted by Gasteiger charge is -2.23. The van der Waals surface area contributed by atoms with E-state index in [9.17, 15) is 14.0 Å². The smallest absolute Gasteiger partial charge is 0.254 e. The van der Waals surface area contributed by atoms with Crippen molar-refractivity contribution in [2.75, 3.05) is 39.8 Å². The molecule has 1 atom stereocenters. The summed E-state index contributed by atoms with van der Waals surface area (Å²) in [5.74, 6) is -0.659. The van der Waals surface area contributed by atoms with Crippen molar-refractivity contribution in [3.63, 3.8) is 0 Å². The summed E-state index contributed by atoms with van der Waals surface area (Å²) >= 11 is 0. The number of nitrogens with two attached hydrogens (primary N) is 1. The summed E-state index contributed by atoms with van der Waals surface area (Å²) in [5, 5.41) is 0. The molecule has 1 aliphatic heterocycles. The van der Waals surface area contributed by atoms with Gasteiger partial charge in [0.2, 0.25) is 5.91 Å². The molecule has 1 heterocycles. The van der Waals surface area contributed by atoms with Crippen LogP contribution in [0.15, 0.2) is 24.3 Å². The molecule has 1 saturated heterocycles. The average molecular weight is 337 g/mol. The molecule has 2 amide bonds. The lowest BCUT2D eigenvalue weighted by Crippen LogP contribution is -2.39. The molecular weight excluding hydrogens is 313 g/mol. The zero-order valence-electron chi connectivity index (χ0n) is 13.9. The van der Waals surface area contributed by atoms with Gasteiger partial charge >= 0.3 is 0 Å². The standard InChI is InChI=1S/C17H24FN3O3/c1-24-15(12-19)11-16(22)20-6-3-7-21(9-8-20)17(23)13-4-2-5-14(18)10-13/h2,4-5,10,15H,3,6-9,11-12,19H2,1H3. The van der Waals surface area contributed by atoms with E-state index in [4.69, 9.17) is 10.5 Å². The van der Waals surface area contributed by atoms with Crippen LogP contribution in [-0.4, -0.2) is 67.6 Å². The Kier molecular flexibility index (Phi) is 6.69. The van der Waals surface area contributed by atoms with Crippen molar-refractivity contribution in [2.45, 2.75) is 18.9 Å². The van der Waals surface area contributed by atoms with Crippen molar-refractivity contribution in [1.29, 1.82) is 0 Å². The summed E-state index contributed by atoms with van der Waals surface area (Å²) in [5.41, 5.74) is 5.88. The summed E-state index contributed by atoms with van der Waals surface area (Å²) < 4.78 is 18.4. The maximum Gasteiger partial charge on any atom is 0.254 e. The number of ether oxygens (including phenoxy) is 1. The average Bonchev–Trinajstić information content (AvgIpc) is 2.85. The van der Waals surface area contributed by atoms with Crippen LogP contribution < -0.4 is 5.73 Å². The molecule has 1 aromatic rings. The van der Waals surface area contributed by atoms with Crippen molar-refractivity contribution >= 4 is 11.8 Å². The fourth-order valence-electron chi connectivity index (χ4n) is 2.76. The maximum absolute atomic E-state index is 13.3. The van der Waals surface area contributed by atoms with Crippen molar-refractivity contribution in [3.05, 3.63) is 35.6 Å². The zero-order chi connectivity index (χ0) is 17.5. The Balaban J connectivity index is 1.95. The van der Waals surface area contributed by atoms with Gasteiger partial charge < -0.3 is 20.3 Å². The SMILES string of the molecule is COC(CN)CC(=O)N1CCCN(C(=O)c2cccc(F)c2)CC1. The van der Waals surface area contributed by atoms with Gasteiger partial charge in [-0.3, -0.25) is 9.59 Å². The number of halogens is 1. The summed E-state index contributed by atoms with van der Waals surface area (Å²) in [6.45, 7) is 2.32. The summed E-state index contributed by atoms with van der Waals surface area (Å²) in [4.78, 5) is 28.2. The van der Waals surface area contributed by atoms with Crippen LogP contribution >= 0.6 is 0 Å². The van der Waals surface area contributed by atoms with Gasteiger partial charge in [0.25, 0.3) is 5.91 Å². The van der Waals surface area contributed by atoms with Crippen LogP contribution in [0.4, 0.5) is 4.39 Å². The highest BCUT2D eigenvalue weighted by molar-refractivity contribution is 5.94. The van der Waals surface area contributed by atoms with Crippen molar-refractivity contribution < 1.29 is 18.7 Å². The van der Waals surface area contributed by atoms with E-state index in [1.165, 1.54) is 25.3 Å². The van der Waals surface area contributed by atoms with E-state index in [1.807, 2.05) is 0 Å². The Hall–Kier alpha value is -1.99. The number of carbonyl (C=O) groups excluding carboxylic acids is 2. The lowest BCUT2D eigenvalue weighted by atomic mass is 10.2. The Labute approximate surface area is 141 Å². The topological polar surface area (TPSA) is 75.9 Å². The maximum atomic E-state index is 13.3. The Morgan fingerprint density at radius 3 is 2.62 bits per heavy atom. The van der Waals surface area contributed by atoms with E-state index < -0.39 is 5.82 Å². The number of methoxy groups -OCH3 is 1. The third-order valence-corrected chi connectivity index (χ3v) is 4.21. The van der Waals surface area contributed by atoms with E-state index in [0.717, 1.165) is 0 Å². The van der Waals surface area contributed by atoms with Crippen molar-refractivity contribution in [1.82, 2.24) is 9.80 Å². The van der Waals surface area contributed by atoms with E-state index in [1.54, 1.807) is 15.9 Å². The van der Waals surface area contributed by atoms with Crippen LogP contribution in [0.2, 0.25) is 0 Å². The molecule has 1 aromatic carbocycles. The minimum Gasteiger partial charge on any atom is -0.380 e. The first kappa shape index (κ1) is 18.4. The van der Waals surface area contributed by atoms with Gasteiger partial charge in [0.1, 0.15) is 5.82 Å². The minimum atomic E-state index is -0.431. The largest absolute Gasteiger partial charge is 0.380 e. The van der Waals surface area contributed by atoms with Crippen LogP contribution in [-0.2, 0) is 9.53 Å². The van der Waals surface area contributed by atoms with Gasteiger partial charge in [-0.05, 0) is 24.6 Å². The first-order valence-corrected chi connectivity index (χ1v) is 8.10. The third kappa shape index (κ3) is 4.75. The molecule has 6 nitrogen and oxygen atoms in total. The quantitative estimate of drug-likeness (QED) is 0.865. The molecular formula is C17H24FN3O3. The molecule has 0 bridgehead atoms. The van der Waals surface area contributed by atoms with Crippen molar-refractivity contribution in [2.24, 2.45) is 5.73 Å². The summed E-state index contributed by atoms with van der Waals surface area (Å²) in [6, 6.07) is 5.67. The predicted molar refractivity (Wildman–Crippen MR) is 88.0 cm³/mol. The van der Waals surface area contributed by atoms with Crippen LogP contribution in [0.1, 0.15) is 23.2 Å². The molecule has 0 spiro atoms. The van der Waals surface area contributed by atoms with E-state index >= 15 is 0 Å². The predicted octanol–water partition coefficient (Wildman–Crippen LogP) is 0.864. The first-order chi connectivity index (χ1) is 11.5. The first-order valence-electron chi connectivity index (χ1n) is 8.10. The number of carbonyl (C=O) groups is 2. The van der Waals surface area contributed by atoms with E-state index in [2.05, 4.69) is 0 Å². The number of benzene rings is 1. The molecule has 1 aliphatic rings. The van der Waals surface area contributed by atoms with Gasteiger partial charge in [-0.25, -0.2) is 4.39 Å². The van der Waals surface area contributed by atoms with Gasteiger partial charge in [-0.15, -0.1) is 0 Å². The summed E-state index contributed by atoms with van der Waals surface area (Å²) in [7, 11) is 1.53. The highest BCUT2D eigenvalue weighted by atomic mass is 19.1. The molecule has 1 fully saturated rings. The number of nitrogens with zero attached hydrogens (tertiary/aromatic N) is 2. The van der Waals surface area contributed by atoms with Crippen molar-refractivity contribution in [3.8, 4) is 0 Å². The van der Waals surface area contributed by atoms with Crippen LogP contribution in [0.3, 0.4) is 0 Å². The molecule has 0 saturated carbocycles. The minimum absolute atomic E-state index is 0.0210. The van der Waals surface area contributed by atoms with Gasteiger partial charge in [0.05, 0.1) is 12.5 Å². The molecule has 24 heavy (non-hydrogen) atoms. The fraction of sp³-hybridized carbons (Fsp3) is 0.529. The molecule has 132 valence electrons. The Bertz CT molecular complexity index is 578. The Morgan fingerprint density at radius 1 is 1.25 bits per heavy atom. The third-order valence-electron chi connectivity index (χ3n) is 4.21. The zero-order valence-corrected chi connectivity index (χ0v) is 13.9. The monoisotopic (exact) mass is 337 g/mol.